The summed E-state index contributed by atoms with van der Waals surface area (Å²) < 4.78 is 0. The molecule has 0 aromatic heterocycles. The SMILES string of the molecule is Nc1ccc(CN2CC3C(CO)C3C2)cc1. The van der Waals surface area contributed by atoms with Gasteiger partial charge in [0.05, 0.1) is 0 Å². The van der Waals surface area contributed by atoms with Gasteiger partial charge in [-0.15, -0.1) is 0 Å². The summed E-state index contributed by atoms with van der Waals surface area (Å²) in [5.41, 5.74) is 7.82. The van der Waals surface area contributed by atoms with Crippen molar-refractivity contribution in [2.45, 2.75) is 6.54 Å². The Morgan fingerprint density at radius 2 is 1.81 bits per heavy atom. The molecule has 1 aliphatic carbocycles. The van der Waals surface area contributed by atoms with E-state index >= 15 is 0 Å². The van der Waals surface area contributed by atoms with Crippen molar-refractivity contribution >= 4 is 5.69 Å². The molecule has 3 N–H and O–H groups in total. The Morgan fingerprint density at radius 3 is 2.38 bits per heavy atom. The molecule has 1 aromatic carbocycles. The Kier molecular flexibility index (Phi) is 2.37. The Bertz CT molecular complexity index is 364. The van der Waals surface area contributed by atoms with Gasteiger partial charge < -0.3 is 10.8 Å². The second-order valence-corrected chi connectivity index (χ2v) is 5.11. The quantitative estimate of drug-likeness (QED) is 0.742. The van der Waals surface area contributed by atoms with Gasteiger partial charge in [0.15, 0.2) is 0 Å². The number of benzene rings is 1. The van der Waals surface area contributed by atoms with Crippen molar-refractivity contribution < 1.29 is 5.11 Å². The molecule has 3 rings (SSSR count). The zero-order chi connectivity index (χ0) is 11.1. The van der Waals surface area contributed by atoms with Crippen LogP contribution in [0.3, 0.4) is 0 Å². The summed E-state index contributed by atoms with van der Waals surface area (Å²) in [6.45, 7) is 3.71. The maximum Gasteiger partial charge on any atom is 0.0465 e. The standard InChI is InChI=1S/C13H18N2O/c14-10-3-1-9(2-4-10)5-15-6-11-12(7-15)13(11)8-16/h1-4,11-13,16H,5-8,14H2. The lowest BCUT2D eigenvalue weighted by atomic mass is 10.2. The molecule has 86 valence electrons. The summed E-state index contributed by atoms with van der Waals surface area (Å²) in [4.78, 5) is 2.48. The molecule has 1 saturated carbocycles. The molecule has 2 unspecified atom stereocenters. The number of nitrogen functional groups attached to an aromatic ring is 1. The average molecular weight is 218 g/mol. The van der Waals surface area contributed by atoms with E-state index in [4.69, 9.17) is 10.8 Å². The van der Waals surface area contributed by atoms with E-state index in [0.717, 1.165) is 37.2 Å². The van der Waals surface area contributed by atoms with Gasteiger partial charge in [0, 0.05) is 31.9 Å². The number of rotatable bonds is 3. The van der Waals surface area contributed by atoms with E-state index < -0.39 is 0 Å². The van der Waals surface area contributed by atoms with Crippen LogP contribution in [0.5, 0.6) is 0 Å². The largest absolute Gasteiger partial charge is 0.399 e. The summed E-state index contributed by atoms with van der Waals surface area (Å²) >= 11 is 0. The number of piperidine rings is 1. The molecule has 0 radical (unpaired) electrons. The topological polar surface area (TPSA) is 49.5 Å². The maximum absolute atomic E-state index is 9.09. The first-order valence-electron chi connectivity index (χ1n) is 5.95. The van der Waals surface area contributed by atoms with Crippen molar-refractivity contribution in [3.05, 3.63) is 29.8 Å². The zero-order valence-corrected chi connectivity index (χ0v) is 9.34. The van der Waals surface area contributed by atoms with Crippen LogP contribution in [0.4, 0.5) is 5.69 Å². The molecule has 2 aliphatic rings. The molecule has 1 heterocycles. The molecule has 1 aromatic rings. The summed E-state index contributed by atoms with van der Waals surface area (Å²) in [5, 5.41) is 9.09. The maximum atomic E-state index is 9.09. The second-order valence-electron chi connectivity index (χ2n) is 5.11. The van der Waals surface area contributed by atoms with Crippen LogP contribution in [0.1, 0.15) is 5.56 Å². The molecular formula is C13H18N2O. The third-order valence-electron chi connectivity index (χ3n) is 4.04. The van der Waals surface area contributed by atoms with E-state index in [2.05, 4.69) is 17.0 Å². The Labute approximate surface area is 95.9 Å². The number of nitrogens with two attached hydrogens (primary N) is 1. The highest BCUT2D eigenvalue weighted by Gasteiger charge is 2.54. The van der Waals surface area contributed by atoms with E-state index in [1.807, 2.05) is 12.1 Å². The van der Waals surface area contributed by atoms with Gasteiger partial charge in [0.2, 0.25) is 0 Å². The Balaban J connectivity index is 1.56. The molecule has 2 fully saturated rings. The van der Waals surface area contributed by atoms with Crippen molar-refractivity contribution in [2.75, 3.05) is 25.4 Å². The van der Waals surface area contributed by atoms with Crippen LogP contribution in [0.2, 0.25) is 0 Å². The van der Waals surface area contributed by atoms with Gasteiger partial charge >= 0.3 is 0 Å². The molecule has 0 amide bonds. The van der Waals surface area contributed by atoms with Crippen LogP contribution in [0.25, 0.3) is 0 Å². The number of likely N-dealkylation sites (tertiary alicyclic amines) is 1. The second kappa shape index (κ2) is 3.75. The first-order chi connectivity index (χ1) is 7.78. The minimum absolute atomic E-state index is 0.380. The highest BCUT2D eigenvalue weighted by molar-refractivity contribution is 5.39. The van der Waals surface area contributed by atoms with E-state index in [-0.39, 0.29) is 0 Å². The number of hydrogen-bond acceptors (Lipinski definition) is 3. The normalized spacial score (nSPS) is 32.7. The molecule has 1 saturated heterocycles. The molecule has 0 spiro atoms. The number of aliphatic hydroxyl groups excluding tert-OH is 1. The molecular weight excluding hydrogens is 200 g/mol. The van der Waals surface area contributed by atoms with Gasteiger partial charge in [-0.05, 0) is 35.4 Å². The molecule has 2 atom stereocenters. The fourth-order valence-corrected chi connectivity index (χ4v) is 3.02. The average Bonchev–Trinajstić information content (AvgIpc) is 2.76. The minimum atomic E-state index is 0.380. The van der Waals surface area contributed by atoms with Gasteiger partial charge in [-0.25, -0.2) is 0 Å². The lowest BCUT2D eigenvalue weighted by molar-refractivity contribution is 0.217. The number of anilines is 1. The monoisotopic (exact) mass is 218 g/mol. The smallest absolute Gasteiger partial charge is 0.0465 e. The van der Waals surface area contributed by atoms with E-state index in [1.54, 1.807) is 0 Å². The fourth-order valence-electron chi connectivity index (χ4n) is 3.02. The Morgan fingerprint density at radius 1 is 1.19 bits per heavy atom. The molecule has 3 heteroatoms. The predicted octanol–water partition coefficient (Wildman–Crippen LogP) is 0.939. The molecule has 1 aliphatic heterocycles. The lowest BCUT2D eigenvalue weighted by Crippen LogP contribution is -2.24. The van der Waals surface area contributed by atoms with Crippen LogP contribution in [0, 0.1) is 17.8 Å². The van der Waals surface area contributed by atoms with E-state index in [9.17, 15) is 0 Å². The van der Waals surface area contributed by atoms with Crippen LogP contribution in [-0.4, -0.2) is 29.7 Å². The van der Waals surface area contributed by atoms with E-state index in [1.165, 1.54) is 5.56 Å². The summed E-state index contributed by atoms with van der Waals surface area (Å²) in [6, 6.07) is 8.12. The fraction of sp³-hybridized carbons (Fsp3) is 0.538. The van der Waals surface area contributed by atoms with Crippen LogP contribution in [0.15, 0.2) is 24.3 Å². The number of fused-ring (bicyclic) bond motifs is 1. The van der Waals surface area contributed by atoms with Gasteiger partial charge in [0.25, 0.3) is 0 Å². The highest BCUT2D eigenvalue weighted by Crippen LogP contribution is 2.51. The summed E-state index contributed by atoms with van der Waals surface area (Å²) in [7, 11) is 0. The van der Waals surface area contributed by atoms with Crippen LogP contribution < -0.4 is 5.73 Å². The predicted molar refractivity (Wildman–Crippen MR) is 63.7 cm³/mol. The van der Waals surface area contributed by atoms with E-state index in [0.29, 0.717) is 12.5 Å². The van der Waals surface area contributed by atoms with Crippen molar-refractivity contribution in [1.82, 2.24) is 4.90 Å². The van der Waals surface area contributed by atoms with Crippen molar-refractivity contribution in [2.24, 2.45) is 17.8 Å². The molecule has 16 heavy (non-hydrogen) atoms. The van der Waals surface area contributed by atoms with Crippen LogP contribution >= 0.6 is 0 Å². The zero-order valence-electron chi connectivity index (χ0n) is 9.34. The minimum Gasteiger partial charge on any atom is -0.399 e. The third kappa shape index (κ3) is 1.70. The first-order valence-corrected chi connectivity index (χ1v) is 5.95. The third-order valence-corrected chi connectivity index (χ3v) is 4.04. The molecule has 0 bridgehead atoms. The van der Waals surface area contributed by atoms with Crippen LogP contribution in [-0.2, 0) is 6.54 Å². The van der Waals surface area contributed by atoms with Gasteiger partial charge in [0.1, 0.15) is 0 Å². The van der Waals surface area contributed by atoms with Crippen molar-refractivity contribution in [1.29, 1.82) is 0 Å². The number of hydrogen-bond donors (Lipinski definition) is 2. The van der Waals surface area contributed by atoms with Gasteiger partial charge in [-0.1, -0.05) is 12.1 Å². The van der Waals surface area contributed by atoms with Gasteiger partial charge in [-0.3, -0.25) is 4.90 Å². The summed E-state index contributed by atoms with van der Waals surface area (Å²) in [6.07, 6.45) is 0. The van der Waals surface area contributed by atoms with Crippen molar-refractivity contribution in [3.63, 3.8) is 0 Å². The Hall–Kier alpha value is -1.06. The lowest BCUT2D eigenvalue weighted by Gasteiger charge is -2.18. The molecule has 3 nitrogen and oxygen atoms in total. The first kappa shape index (κ1) is 10.1. The number of nitrogens with zero attached hydrogens (tertiary/aromatic N) is 1. The van der Waals surface area contributed by atoms with Gasteiger partial charge in [-0.2, -0.15) is 0 Å². The van der Waals surface area contributed by atoms with Crippen molar-refractivity contribution in [3.8, 4) is 0 Å². The summed E-state index contributed by atoms with van der Waals surface area (Å²) in [5.74, 6) is 2.13. The number of aliphatic hydroxyl groups is 1. The highest BCUT2D eigenvalue weighted by atomic mass is 16.3.